The van der Waals surface area contributed by atoms with Crippen LogP contribution in [0, 0.1) is 17.8 Å². The number of aromatic nitrogens is 1. The molecule has 22 N–H and O–H groups in total. The summed E-state index contributed by atoms with van der Waals surface area (Å²) in [7, 11) is -3.70. The van der Waals surface area contributed by atoms with E-state index in [0.29, 0.717) is 44.7 Å². The third-order valence-electron chi connectivity index (χ3n) is 19.6. The third kappa shape index (κ3) is 29.4. The molecule has 0 spiro atoms. The summed E-state index contributed by atoms with van der Waals surface area (Å²) in [6.07, 6.45) is -4.68. The Bertz CT molecular complexity index is 4270. The van der Waals surface area contributed by atoms with Gasteiger partial charge < -0.3 is 104 Å². The van der Waals surface area contributed by atoms with Crippen LogP contribution in [0.1, 0.15) is 125 Å². The summed E-state index contributed by atoms with van der Waals surface area (Å²) in [6.45, 7) is 12.0. The van der Waals surface area contributed by atoms with E-state index in [1.165, 1.54) is 18.0 Å². The van der Waals surface area contributed by atoms with Crippen molar-refractivity contribution in [1.82, 2.24) is 78.2 Å². The Morgan fingerprint density at radius 1 is 0.686 bits per heavy atom. The number of amides is 16. The zero-order valence-corrected chi connectivity index (χ0v) is 68.5. The fraction of sp³-hybridized carbons (Fsp3) is 0.573. The van der Waals surface area contributed by atoms with E-state index in [0.717, 1.165) is 27.9 Å². The maximum atomic E-state index is 15.2. The van der Waals surface area contributed by atoms with Crippen LogP contribution in [0.15, 0.2) is 60.8 Å². The predicted octanol–water partition coefficient (Wildman–Crippen LogP) is -8.28. The van der Waals surface area contributed by atoms with E-state index < -0.39 is 251 Å². The van der Waals surface area contributed by atoms with Crippen LogP contribution in [0.25, 0.3) is 10.9 Å². The number of aliphatic hydroxyl groups is 1. The van der Waals surface area contributed by atoms with Gasteiger partial charge in [0.05, 0.1) is 34.9 Å². The number of ether oxygens (including phenoxy) is 1. The first-order valence-electron chi connectivity index (χ1n) is 38.5. The quantitative estimate of drug-likeness (QED) is 0.00637. The fourth-order valence-corrected chi connectivity index (χ4v) is 13.9. The Hall–Kier alpha value is -11.9. The SMILES string of the molecule is CC(C)C[C@H]1NC(=O)[C@H](CCC(N)=O)N(C)C(=O)C(NC(=O)[C@@H](CS(=O)(=O)[O-])NC(=O)[C@H](CCC[NH+]=C(N)N)NC(=O)[C@@H](Cc2c[nH]c3ccccc23)NC(=O)C(NC(=O)C(NC(=O)[C@@H]2CCCN2C(=O)[C@H](Cc2ccccc2)NC(=O)[C@@H](C)NC=O)C(C)C)C(C)C)[C@@H](C)OC(=O)CN(C)C(=O)[C@H](CC(N)=O)NC(=O)[C@H]([C@@H](C)O)NC1=O. The molecule has 0 saturated carbocycles. The Morgan fingerprint density at radius 2 is 1.28 bits per heavy atom. The van der Waals surface area contributed by atoms with Gasteiger partial charge in [0.15, 0.2) is 0 Å². The van der Waals surface area contributed by atoms with Crippen LogP contribution in [0.5, 0.6) is 0 Å². The number of carbonyl (C=O) groups is 17. The number of nitrogens with zero attached hydrogens (tertiary/aromatic N) is 3. The molecular weight excluding hydrogens is 1570 g/mol. The molecule has 2 saturated heterocycles. The number of aromatic amines is 1. The van der Waals surface area contributed by atoms with E-state index in [2.05, 4.69) is 68.5 Å². The fourth-order valence-electron chi connectivity index (χ4n) is 13.2. The van der Waals surface area contributed by atoms with E-state index >= 15 is 14.4 Å². The second-order valence-corrected chi connectivity index (χ2v) is 31.8. The molecule has 2 fully saturated rings. The molecule has 2 aliphatic heterocycles. The Labute approximate surface area is 681 Å². The summed E-state index contributed by atoms with van der Waals surface area (Å²) in [5, 5.41) is 38.4. The minimum Gasteiger partial charge on any atom is -0.748 e. The number of H-pyrrole nitrogens is 1. The van der Waals surface area contributed by atoms with Gasteiger partial charge in [-0.25, -0.2) is 8.42 Å². The average molecular weight is 1680 g/mol. The minimum absolute atomic E-state index is 0.0115. The number of aliphatic hydroxyl groups excluding tert-OH is 1. The smallest absolute Gasteiger partial charge is 0.338 e. The van der Waals surface area contributed by atoms with Gasteiger partial charge in [0, 0.05) is 57.0 Å². The lowest BCUT2D eigenvalue weighted by molar-refractivity contribution is -0.459. The molecule has 5 rings (SSSR count). The number of nitrogens with one attached hydrogen (secondary N) is 13. The van der Waals surface area contributed by atoms with Crippen LogP contribution in [0.3, 0.4) is 0 Å². The largest absolute Gasteiger partial charge is 0.748 e. The zero-order valence-electron chi connectivity index (χ0n) is 67.7. The molecule has 2 aliphatic rings. The Kier molecular flexibility index (Phi) is 36.9. The van der Waals surface area contributed by atoms with Gasteiger partial charge >= 0.3 is 11.9 Å². The summed E-state index contributed by atoms with van der Waals surface area (Å²) < 4.78 is 44.3. The number of guanidine groups is 1. The standard InChI is InChI=1S/C75H112N20O22S/c1-37(2)29-48-65(104)91-60(41(8)97)71(110)87-51(32-56(77)99)72(111)93(10)34-57(100)117-42(9)61(74(113)94(11)53(67(106)84-48)25-26-55(76)98)92-66(105)52(35-118(114,115)116)88-63(102)47(23-17-27-80-75(78)79)83-64(103)49(31-44-33-81-46-22-16-15-21-45(44)46)85-69(108)58(38(3)4)90-70(109)59(39(5)6)89-68(107)54-24-18-28-95(54)73(112)50(30-43-19-13-12-14-20-43)86-62(101)40(7)82-36-96/h12-16,19-22,33,36-42,47-54,58-61,81,97H,17-18,23-32,34-35H2,1-11H3,(H2,76,98)(H2,77,99)(H,82,96)(H,83,103)(H,84,106)(H,85,108)(H,86,101)(H,87,110)(H,88,102)(H,89,107)(H,90,109)(H,91,104)(H,92,105)(H4,78,79,80)(H,114,115,116)/t40-,41-,42-,47+,48-,49-,50+,51+,52-,53+,54+,58?,59?,60+,61?/m1/s1. The number of nitrogens with two attached hydrogens (primary N) is 4. The monoisotopic (exact) mass is 1680 g/mol. The molecule has 16 amide bonds. The Balaban J connectivity index is 1.53. The van der Waals surface area contributed by atoms with Crippen molar-refractivity contribution in [2.45, 2.75) is 217 Å². The first-order valence-corrected chi connectivity index (χ1v) is 40.0. The number of esters is 1. The van der Waals surface area contributed by atoms with Gasteiger partial charge in [0.1, 0.15) is 91.2 Å². The molecule has 43 heteroatoms. The molecule has 0 aliphatic carbocycles. The van der Waals surface area contributed by atoms with Gasteiger partial charge in [-0.15, -0.1) is 0 Å². The van der Waals surface area contributed by atoms with Crippen molar-refractivity contribution in [3.8, 4) is 0 Å². The van der Waals surface area contributed by atoms with Crippen molar-refractivity contribution in [3.63, 3.8) is 0 Å². The summed E-state index contributed by atoms with van der Waals surface area (Å²) in [5.41, 5.74) is 24.0. The number of rotatable bonds is 37. The summed E-state index contributed by atoms with van der Waals surface area (Å²) in [4.78, 5) is 247. The molecule has 1 aromatic heterocycles. The second kappa shape index (κ2) is 45.0. The van der Waals surface area contributed by atoms with E-state index in [-0.39, 0.29) is 51.2 Å². The number of hydrogen-bond donors (Lipinski definition) is 18. The molecule has 15 atom stereocenters. The number of para-hydroxylation sites is 1. The van der Waals surface area contributed by atoms with Crippen molar-refractivity contribution in [1.29, 1.82) is 0 Å². The lowest BCUT2D eigenvalue weighted by atomic mass is 9.98. The van der Waals surface area contributed by atoms with Crippen molar-refractivity contribution >= 4 is 128 Å². The van der Waals surface area contributed by atoms with Crippen LogP contribution in [-0.4, -0.2) is 275 Å². The predicted molar refractivity (Wildman–Crippen MR) is 421 cm³/mol. The number of carbonyl (C=O) groups excluding carboxylic acids is 17. The zero-order chi connectivity index (χ0) is 88.3. The topological polar surface area (TPSA) is 653 Å². The van der Waals surface area contributed by atoms with Crippen molar-refractivity contribution in [2.24, 2.45) is 40.7 Å². The van der Waals surface area contributed by atoms with Crippen molar-refractivity contribution < 1.29 is 109 Å². The molecule has 42 nitrogen and oxygen atoms in total. The maximum absolute atomic E-state index is 15.2. The summed E-state index contributed by atoms with van der Waals surface area (Å²) in [5.74, 6) is -21.8. The van der Waals surface area contributed by atoms with Gasteiger partial charge in [-0.1, -0.05) is 90.1 Å². The molecule has 3 unspecified atom stereocenters. The molecule has 650 valence electrons. The lowest BCUT2D eigenvalue weighted by Crippen LogP contribution is -2.78. The van der Waals surface area contributed by atoms with E-state index in [9.17, 15) is 85.2 Å². The number of benzene rings is 2. The molecule has 118 heavy (non-hydrogen) atoms. The van der Waals surface area contributed by atoms with Gasteiger partial charge in [0.25, 0.3) is 0 Å². The minimum atomic E-state index is -5.67. The van der Waals surface area contributed by atoms with Crippen LogP contribution in [-0.2, 0) is 109 Å². The van der Waals surface area contributed by atoms with Crippen LogP contribution in [0.2, 0.25) is 0 Å². The van der Waals surface area contributed by atoms with Crippen LogP contribution < -0.4 is 86.4 Å². The summed E-state index contributed by atoms with van der Waals surface area (Å²) in [6, 6.07) is -6.46. The van der Waals surface area contributed by atoms with E-state index in [1.54, 1.807) is 96.1 Å². The molecule has 0 radical (unpaired) electrons. The maximum Gasteiger partial charge on any atom is 0.338 e. The van der Waals surface area contributed by atoms with Gasteiger partial charge in [-0.3, -0.25) is 98.0 Å². The first kappa shape index (κ1) is 96.7. The van der Waals surface area contributed by atoms with E-state index in [4.69, 9.17) is 27.7 Å². The van der Waals surface area contributed by atoms with Crippen molar-refractivity contribution in [3.05, 3.63) is 71.9 Å². The highest BCUT2D eigenvalue weighted by Crippen LogP contribution is 2.24. The average Bonchev–Trinajstić information content (AvgIpc) is 1.72. The van der Waals surface area contributed by atoms with E-state index in [1.807, 2.05) is 0 Å². The van der Waals surface area contributed by atoms with Crippen LogP contribution >= 0.6 is 0 Å². The molecule has 3 heterocycles. The highest BCUT2D eigenvalue weighted by atomic mass is 32.2. The van der Waals surface area contributed by atoms with Crippen LogP contribution in [0.4, 0.5) is 0 Å². The normalized spacial score (nSPS) is 20.7. The second-order valence-electron chi connectivity index (χ2n) is 30.4. The number of fused-ring (bicyclic) bond motifs is 1. The highest BCUT2D eigenvalue weighted by Gasteiger charge is 2.45. The highest BCUT2D eigenvalue weighted by molar-refractivity contribution is 7.85. The number of likely N-dealkylation sites (tertiary alicyclic amines) is 1. The first-order chi connectivity index (χ1) is 55.3. The molecule has 3 aromatic rings. The summed E-state index contributed by atoms with van der Waals surface area (Å²) >= 11 is 0. The third-order valence-corrected chi connectivity index (χ3v) is 20.3. The number of cyclic esters (lactones) is 1. The number of primary amides is 2. The lowest BCUT2D eigenvalue weighted by Gasteiger charge is -2.34. The van der Waals surface area contributed by atoms with Crippen molar-refractivity contribution in [2.75, 3.05) is 39.5 Å². The molecular formula is C75H112N20O22S. The van der Waals surface area contributed by atoms with Gasteiger partial charge in [-0.2, -0.15) is 0 Å². The molecule has 0 bridgehead atoms. The number of likely N-dealkylation sites (N-methyl/N-ethyl adjacent to an activating group) is 2. The number of hydrogen-bond acceptors (Lipinski definition) is 22. The molecule has 2 aromatic carbocycles. The van der Waals surface area contributed by atoms with Gasteiger partial charge in [0.2, 0.25) is 95.0 Å². The van der Waals surface area contributed by atoms with Gasteiger partial charge in [-0.05, 0) is 94.2 Å². The Morgan fingerprint density at radius 3 is 1.88 bits per heavy atom.